The highest BCUT2D eigenvalue weighted by Gasteiger charge is 2.17. The Morgan fingerprint density at radius 1 is 1.14 bits per heavy atom. The van der Waals surface area contributed by atoms with E-state index in [1.807, 2.05) is 25.1 Å². The van der Waals surface area contributed by atoms with E-state index in [2.05, 4.69) is 47.7 Å². The molecule has 0 saturated heterocycles. The molecule has 0 aliphatic heterocycles. The first-order chi connectivity index (χ1) is 10.6. The zero-order valence-electron chi connectivity index (χ0n) is 13.4. The Morgan fingerprint density at radius 2 is 1.91 bits per heavy atom. The zero-order valence-corrected chi connectivity index (χ0v) is 13.4. The number of benzene rings is 2. The number of para-hydroxylation sites is 2. The second kappa shape index (κ2) is 5.93. The first-order valence-electron chi connectivity index (χ1n) is 7.79. The third kappa shape index (κ3) is 2.64. The monoisotopic (exact) mass is 294 g/mol. The number of fused-ring (bicyclic) bond motifs is 1. The Bertz CT molecular complexity index is 804. The van der Waals surface area contributed by atoms with Crippen LogP contribution in [0, 0.1) is 13.8 Å². The van der Waals surface area contributed by atoms with Gasteiger partial charge < -0.3 is 9.67 Å². The van der Waals surface area contributed by atoms with Gasteiger partial charge in [-0.1, -0.05) is 42.8 Å². The molecule has 2 aromatic carbocycles. The van der Waals surface area contributed by atoms with Gasteiger partial charge in [0.1, 0.15) is 11.9 Å². The topological polar surface area (TPSA) is 38.1 Å². The lowest BCUT2D eigenvalue weighted by molar-refractivity contribution is 0.160. The van der Waals surface area contributed by atoms with Crippen LogP contribution in [-0.2, 0) is 6.54 Å². The van der Waals surface area contributed by atoms with E-state index in [4.69, 9.17) is 0 Å². The summed E-state index contributed by atoms with van der Waals surface area (Å²) in [5.74, 6) is 0.754. The fraction of sp³-hybridized carbons (Fsp3) is 0.316. The van der Waals surface area contributed by atoms with Crippen molar-refractivity contribution in [1.82, 2.24) is 9.55 Å². The Balaban J connectivity index is 2.14. The third-order valence-electron chi connectivity index (χ3n) is 4.20. The van der Waals surface area contributed by atoms with Crippen molar-refractivity contribution in [3.05, 3.63) is 65.0 Å². The molecule has 0 saturated carbocycles. The number of aryl methyl sites for hydroxylation is 2. The lowest BCUT2D eigenvalue weighted by Crippen LogP contribution is -2.10. The number of aliphatic hydroxyl groups is 1. The quantitative estimate of drug-likeness (QED) is 0.785. The van der Waals surface area contributed by atoms with Crippen molar-refractivity contribution in [2.45, 2.75) is 39.8 Å². The smallest absolute Gasteiger partial charge is 0.139 e. The molecular formula is C19H22N2O. The maximum Gasteiger partial charge on any atom is 0.139 e. The molecule has 0 fully saturated rings. The van der Waals surface area contributed by atoms with Crippen molar-refractivity contribution in [3.8, 4) is 0 Å². The fourth-order valence-electron chi connectivity index (χ4n) is 2.84. The number of nitrogens with zero attached hydrogens (tertiary/aromatic N) is 2. The summed E-state index contributed by atoms with van der Waals surface area (Å²) < 4.78 is 2.14. The first-order valence-corrected chi connectivity index (χ1v) is 7.79. The highest BCUT2D eigenvalue weighted by atomic mass is 16.3. The number of hydrogen-bond acceptors (Lipinski definition) is 2. The van der Waals surface area contributed by atoms with Crippen LogP contribution in [-0.4, -0.2) is 14.7 Å². The van der Waals surface area contributed by atoms with Gasteiger partial charge in [0.05, 0.1) is 11.0 Å². The van der Waals surface area contributed by atoms with E-state index in [0.29, 0.717) is 6.42 Å². The highest BCUT2D eigenvalue weighted by Crippen LogP contribution is 2.24. The van der Waals surface area contributed by atoms with Crippen LogP contribution in [0.4, 0.5) is 0 Å². The van der Waals surface area contributed by atoms with Crippen LogP contribution in [0.1, 0.15) is 42.0 Å². The Morgan fingerprint density at radius 3 is 2.68 bits per heavy atom. The second-order valence-electron chi connectivity index (χ2n) is 5.90. The Hall–Kier alpha value is -2.13. The molecule has 3 rings (SSSR count). The summed E-state index contributed by atoms with van der Waals surface area (Å²) in [5.41, 5.74) is 5.80. The summed E-state index contributed by atoms with van der Waals surface area (Å²) in [7, 11) is 0. The van der Waals surface area contributed by atoms with Crippen molar-refractivity contribution >= 4 is 11.0 Å². The van der Waals surface area contributed by atoms with E-state index in [-0.39, 0.29) is 0 Å². The molecule has 0 radical (unpaired) electrons. The molecule has 0 aliphatic carbocycles. The molecule has 1 heterocycles. The Labute approximate surface area is 131 Å². The average Bonchev–Trinajstić information content (AvgIpc) is 2.89. The summed E-state index contributed by atoms with van der Waals surface area (Å²) in [6, 6.07) is 14.6. The van der Waals surface area contributed by atoms with E-state index in [0.717, 1.165) is 23.4 Å². The van der Waals surface area contributed by atoms with Crippen LogP contribution in [0.25, 0.3) is 11.0 Å². The van der Waals surface area contributed by atoms with Gasteiger partial charge in [-0.2, -0.15) is 0 Å². The van der Waals surface area contributed by atoms with Crippen LogP contribution in [0.15, 0.2) is 42.5 Å². The Kier molecular flexibility index (Phi) is 3.99. The molecule has 1 aromatic heterocycles. The number of imidazole rings is 1. The molecule has 22 heavy (non-hydrogen) atoms. The summed E-state index contributed by atoms with van der Waals surface area (Å²) in [5, 5.41) is 10.3. The van der Waals surface area contributed by atoms with E-state index in [1.165, 1.54) is 16.7 Å². The molecule has 114 valence electrons. The minimum atomic E-state index is -0.530. The van der Waals surface area contributed by atoms with Gasteiger partial charge in [-0.05, 0) is 43.5 Å². The normalized spacial score (nSPS) is 12.7. The molecule has 0 aliphatic rings. The van der Waals surface area contributed by atoms with E-state index in [1.54, 1.807) is 0 Å². The third-order valence-corrected chi connectivity index (χ3v) is 4.20. The van der Waals surface area contributed by atoms with Crippen molar-refractivity contribution in [2.75, 3.05) is 0 Å². The van der Waals surface area contributed by atoms with Crippen molar-refractivity contribution in [3.63, 3.8) is 0 Å². The predicted octanol–water partition coefficient (Wildman–Crippen LogP) is 4.14. The highest BCUT2D eigenvalue weighted by molar-refractivity contribution is 5.76. The zero-order chi connectivity index (χ0) is 15.7. The van der Waals surface area contributed by atoms with Gasteiger partial charge in [-0.3, -0.25) is 0 Å². The van der Waals surface area contributed by atoms with E-state index < -0.39 is 6.10 Å². The maximum absolute atomic E-state index is 10.3. The van der Waals surface area contributed by atoms with Gasteiger partial charge >= 0.3 is 0 Å². The van der Waals surface area contributed by atoms with Crippen LogP contribution >= 0.6 is 0 Å². The molecule has 0 amide bonds. The number of aliphatic hydroxyl groups excluding tert-OH is 1. The van der Waals surface area contributed by atoms with Gasteiger partial charge in [0.15, 0.2) is 0 Å². The molecule has 1 N–H and O–H groups in total. The number of hydrogen-bond donors (Lipinski definition) is 1. The summed E-state index contributed by atoms with van der Waals surface area (Å²) in [4.78, 5) is 4.64. The number of aromatic nitrogens is 2. The first kappa shape index (κ1) is 14.8. The van der Waals surface area contributed by atoms with Crippen LogP contribution < -0.4 is 0 Å². The standard InChI is InChI=1S/C19H22N2O/c1-4-18(22)19-20-16-7-5-6-8-17(16)21(19)12-15-11-13(2)9-10-14(15)3/h5-11,18,22H,4,12H2,1-3H3/t18-/m0/s1. The van der Waals surface area contributed by atoms with Crippen LogP contribution in [0.5, 0.6) is 0 Å². The summed E-state index contributed by atoms with van der Waals surface area (Å²) >= 11 is 0. The molecule has 0 unspecified atom stereocenters. The van der Waals surface area contributed by atoms with Crippen molar-refractivity contribution in [2.24, 2.45) is 0 Å². The summed E-state index contributed by atoms with van der Waals surface area (Å²) in [6.07, 6.45) is 0.133. The lowest BCUT2D eigenvalue weighted by atomic mass is 10.1. The van der Waals surface area contributed by atoms with Gasteiger partial charge in [0, 0.05) is 6.54 Å². The minimum absolute atomic E-state index is 0.530. The summed E-state index contributed by atoms with van der Waals surface area (Å²) in [6.45, 7) is 6.95. The molecule has 3 nitrogen and oxygen atoms in total. The van der Waals surface area contributed by atoms with Crippen LogP contribution in [0.2, 0.25) is 0 Å². The van der Waals surface area contributed by atoms with E-state index in [9.17, 15) is 5.11 Å². The van der Waals surface area contributed by atoms with Gasteiger partial charge in [0.25, 0.3) is 0 Å². The predicted molar refractivity (Wildman–Crippen MR) is 90.0 cm³/mol. The molecule has 1 atom stereocenters. The fourth-order valence-corrected chi connectivity index (χ4v) is 2.84. The van der Waals surface area contributed by atoms with Crippen molar-refractivity contribution < 1.29 is 5.11 Å². The molecule has 0 spiro atoms. The number of rotatable bonds is 4. The average molecular weight is 294 g/mol. The molecule has 0 bridgehead atoms. The van der Waals surface area contributed by atoms with Gasteiger partial charge in [0.2, 0.25) is 0 Å². The minimum Gasteiger partial charge on any atom is -0.385 e. The largest absolute Gasteiger partial charge is 0.385 e. The molecule has 3 aromatic rings. The molecular weight excluding hydrogens is 272 g/mol. The molecule has 3 heteroatoms. The SMILES string of the molecule is CC[C@H](O)c1nc2ccccc2n1Cc1cc(C)ccc1C. The van der Waals surface area contributed by atoms with Gasteiger partial charge in [-0.25, -0.2) is 4.98 Å². The van der Waals surface area contributed by atoms with Crippen molar-refractivity contribution in [1.29, 1.82) is 0 Å². The van der Waals surface area contributed by atoms with Crippen LogP contribution in [0.3, 0.4) is 0 Å². The van der Waals surface area contributed by atoms with E-state index >= 15 is 0 Å². The lowest BCUT2D eigenvalue weighted by Gasteiger charge is -2.14. The second-order valence-corrected chi connectivity index (χ2v) is 5.90. The maximum atomic E-state index is 10.3. The van der Waals surface area contributed by atoms with Gasteiger partial charge in [-0.15, -0.1) is 0 Å².